The summed E-state index contributed by atoms with van der Waals surface area (Å²) in [6.07, 6.45) is 8.12. The normalized spacial score (nSPS) is 16.9. The molecule has 0 radical (unpaired) electrons. The second-order valence-electron chi connectivity index (χ2n) is 12.6. The number of likely N-dealkylation sites (tertiary alicyclic amines) is 1. The highest BCUT2D eigenvalue weighted by Crippen LogP contribution is 2.44. The molecular weight excluding hydrogens is 554 g/mol. The molecule has 1 spiro atoms. The van der Waals surface area contributed by atoms with Gasteiger partial charge in [0, 0.05) is 55.1 Å². The molecular formula is C34H43N7O3. The van der Waals surface area contributed by atoms with E-state index in [0.29, 0.717) is 39.7 Å². The number of nitrogens with two attached hydrogens (primary N) is 1. The van der Waals surface area contributed by atoms with E-state index in [1.54, 1.807) is 7.11 Å². The van der Waals surface area contributed by atoms with Crippen molar-refractivity contribution in [1.82, 2.24) is 19.4 Å². The van der Waals surface area contributed by atoms with Crippen LogP contribution in [0.4, 0.5) is 23.0 Å². The minimum Gasteiger partial charge on any atom is -0.494 e. The van der Waals surface area contributed by atoms with Crippen molar-refractivity contribution >= 4 is 39.9 Å². The summed E-state index contributed by atoms with van der Waals surface area (Å²) in [4.78, 5) is 27.3. The highest BCUT2D eigenvalue weighted by atomic mass is 16.5. The van der Waals surface area contributed by atoms with Gasteiger partial charge in [-0.3, -0.25) is 0 Å². The fourth-order valence-electron chi connectivity index (χ4n) is 6.67. The van der Waals surface area contributed by atoms with E-state index in [-0.39, 0.29) is 6.10 Å². The van der Waals surface area contributed by atoms with Crippen LogP contribution in [0.2, 0.25) is 0 Å². The number of hydrogen-bond donors (Lipinski definition) is 2. The molecule has 2 aliphatic heterocycles. The first kappa shape index (κ1) is 29.7. The maximum absolute atomic E-state index is 13.1. The molecule has 232 valence electrons. The van der Waals surface area contributed by atoms with Gasteiger partial charge in [0.15, 0.2) is 0 Å². The number of piperidine rings is 2. The summed E-state index contributed by atoms with van der Waals surface area (Å²) in [5.41, 5.74) is 12.1. The lowest BCUT2D eigenvalue weighted by molar-refractivity contribution is 0.0378. The fraction of sp³-hybridized carbons (Fsp3) is 0.441. The molecule has 0 unspecified atom stereocenters. The van der Waals surface area contributed by atoms with E-state index >= 15 is 0 Å². The van der Waals surface area contributed by atoms with Crippen LogP contribution >= 0.6 is 0 Å². The van der Waals surface area contributed by atoms with Crippen LogP contribution in [-0.2, 0) is 11.8 Å². The van der Waals surface area contributed by atoms with Crippen molar-refractivity contribution in [1.29, 1.82) is 0 Å². The number of rotatable bonds is 7. The molecule has 0 aliphatic carbocycles. The number of aromatic nitrogens is 3. The van der Waals surface area contributed by atoms with E-state index in [9.17, 15) is 4.79 Å². The van der Waals surface area contributed by atoms with Crippen molar-refractivity contribution in [2.45, 2.75) is 45.6 Å². The molecule has 10 nitrogen and oxygen atoms in total. The fourth-order valence-corrected chi connectivity index (χ4v) is 6.67. The summed E-state index contributed by atoms with van der Waals surface area (Å²) in [5, 5.41) is 4.29. The smallest absolute Gasteiger partial charge is 0.342 e. The summed E-state index contributed by atoms with van der Waals surface area (Å²) in [6.45, 7) is 7.97. The van der Waals surface area contributed by atoms with Crippen LogP contribution in [0.1, 0.15) is 49.9 Å². The van der Waals surface area contributed by atoms with Crippen LogP contribution in [0, 0.1) is 5.41 Å². The number of ether oxygens (including phenoxy) is 2. The molecule has 4 heterocycles. The van der Waals surface area contributed by atoms with E-state index in [1.165, 1.54) is 45.0 Å². The van der Waals surface area contributed by atoms with Crippen molar-refractivity contribution in [3.63, 3.8) is 0 Å². The van der Waals surface area contributed by atoms with E-state index in [4.69, 9.17) is 20.2 Å². The number of para-hydroxylation sites is 1. The van der Waals surface area contributed by atoms with E-state index in [0.717, 1.165) is 35.2 Å². The Morgan fingerprint density at radius 3 is 2.45 bits per heavy atom. The molecule has 44 heavy (non-hydrogen) atoms. The molecule has 2 aliphatic rings. The molecule has 2 aromatic heterocycles. The molecule has 0 bridgehead atoms. The third-order valence-electron chi connectivity index (χ3n) is 9.31. The summed E-state index contributed by atoms with van der Waals surface area (Å²) in [5.74, 6) is 0.498. The first-order chi connectivity index (χ1) is 21.2. The van der Waals surface area contributed by atoms with Gasteiger partial charge in [0.2, 0.25) is 5.95 Å². The van der Waals surface area contributed by atoms with E-state index < -0.39 is 5.97 Å². The molecule has 10 heteroatoms. The van der Waals surface area contributed by atoms with E-state index in [1.807, 2.05) is 68.1 Å². The number of anilines is 4. The van der Waals surface area contributed by atoms with Crippen LogP contribution in [0.25, 0.3) is 22.2 Å². The monoisotopic (exact) mass is 597 g/mol. The number of hydrogen-bond acceptors (Lipinski definition) is 9. The van der Waals surface area contributed by atoms with Crippen molar-refractivity contribution < 1.29 is 14.3 Å². The number of nitrogens with zero attached hydrogens (tertiary/aromatic N) is 5. The van der Waals surface area contributed by atoms with Gasteiger partial charge in [-0.1, -0.05) is 18.2 Å². The van der Waals surface area contributed by atoms with Crippen LogP contribution in [0.5, 0.6) is 5.75 Å². The maximum atomic E-state index is 13.1. The molecule has 0 saturated carbocycles. The molecule has 0 atom stereocenters. The second-order valence-corrected chi connectivity index (χ2v) is 12.6. The lowest BCUT2D eigenvalue weighted by atomic mass is 9.71. The average molecular weight is 598 g/mol. The molecule has 0 amide bonds. The van der Waals surface area contributed by atoms with Crippen LogP contribution in [0.3, 0.4) is 0 Å². The van der Waals surface area contributed by atoms with Gasteiger partial charge in [0.05, 0.1) is 36.0 Å². The molecule has 2 fully saturated rings. The minimum absolute atomic E-state index is 0.277. The molecule has 2 saturated heterocycles. The Balaban J connectivity index is 1.30. The van der Waals surface area contributed by atoms with Gasteiger partial charge in [0.25, 0.3) is 0 Å². The SMILES string of the molecule is COc1cc(N2CCC3(CCN(C)CC3)CC2)c(N)cc1Nc1ncc(C(=O)OC(C)C)c(-c2cn(C)c3ccccc23)n1. The Bertz CT molecular complexity index is 1660. The van der Waals surface area contributed by atoms with Crippen LogP contribution in [0.15, 0.2) is 48.8 Å². The molecule has 6 rings (SSSR count). The number of carbonyl (C=O) groups excluding carboxylic acids is 1. The van der Waals surface area contributed by atoms with Crippen molar-refractivity contribution in [2.24, 2.45) is 12.5 Å². The largest absolute Gasteiger partial charge is 0.494 e. The van der Waals surface area contributed by atoms with Crippen molar-refractivity contribution in [3.8, 4) is 17.0 Å². The van der Waals surface area contributed by atoms with Crippen LogP contribution < -0.4 is 20.7 Å². The number of esters is 1. The zero-order valence-electron chi connectivity index (χ0n) is 26.4. The third-order valence-corrected chi connectivity index (χ3v) is 9.31. The predicted molar refractivity (Wildman–Crippen MR) is 176 cm³/mol. The Morgan fingerprint density at radius 2 is 1.75 bits per heavy atom. The number of nitrogens with one attached hydrogen (secondary N) is 1. The first-order valence-corrected chi connectivity index (χ1v) is 15.5. The highest BCUT2D eigenvalue weighted by molar-refractivity contribution is 6.03. The zero-order valence-corrected chi connectivity index (χ0v) is 26.4. The van der Waals surface area contributed by atoms with Crippen molar-refractivity contribution in [3.05, 3.63) is 54.4 Å². The maximum Gasteiger partial charge on any atom is 0.342 e. The summed E-state index contributed by atoms with van der Waals surface area (Å²) in [7, 11) is 5.84. The molecule has 3 N–H and O–H groups in total. The Hall–Kier alpha value is -4.31. The van der Waals surface area contributed by atoms with Gasteiger partial charge in [-0.15, -0.1) is 0 Å². The Morgan fingerprint density at radius 1 is 1.05 bits per heavy atom. The number of aryl methyl sites for hydroxylation is 1. The second kappa shape index (κ2) is 12.0. The minimum atomic E-state index is -0.468. The van der Waals surface area contributed by atoms with Gasteiger partial charge in [-0.05, 0) is 77.2 Å². The zero-order chi connectivity index (χ0) is 31.0. The number of fused-ring (bicyclic) bond motifs is 1. The topological polar surface area (TPSA) is 111 Å². The van der Waals surface area contributed by atoms with Crippen LogP contribution in [-0.4, -0.2) is 71.8 Å². The molecule has 4 aromatic rings. The van der Waals surface area contributed by atoms with Gasteiger partial charge >= 0.3 is 5.97 Å². The van der Waals surface area contributed by atoms with Gasteiger partial charge < -0.3 is 34.9 Å². The number of methoxy groups -OCH3 is 1. The first-order valence-electron chi connectivity index (χ1n) is 15.5. The van der Waals surface area contributed by atoms with Gasteiger partial charge in [0.1, 0.15) is 11.3 Å². The van der Waals surface area contributed by atoms with Gasteiger partial charge in [-0.25, -0.2) is 14.8 Å². The van der Waals surface area contributed by atoms with Gasteiger partial charge in [-0.2, -0.15) is 0 Å². The standard InChI is InChI=1S/C34H43N7O3/c1-22(2)44-32(42)24-20-36-33(38-31(24)25-21-40(4)28-9-7-6-8-23(25)28)37-27-18-26(35)29(19-30(27)43-5)41-16-12-34(13-17-41)10-14-39(3)15-11-34/h6-9,18-22H,10-17,35H2,1-5H3,(H,36,37,38). The number of benzene rings is 2. The summed E-state index contributed by atoms with van der Waals surface area (Å²) >= 11 is 0. The quantitative estimate of drug-likeness (QED) is 0.200. The van der Waals surface area contributed by atoms with E-state index in [2.05, 4.69) is 27.1 Å². The predicted octanol–water partition coefficient (Wildman–Crippen LogP) is 5.85. The summed E-state index contributed by atoms with van der Waals surface area (Å²) < 4.78 is 13.4. The number of carbonyl (C=O) groups is 1. The Kier molecular flexibility index (Phi) is 8.11. The average Bonchev–Trinajstić information content (AvgIpc) is 3.35. The Labute approximate surface area is 259 Å². The lowest BCUT2D eigenvalue weighted by Crippen LogP contribution is -2.46. The number of nitrogen functional groups attached to an aromatic ring is 1. The highest BCUT2D eigenvalue weighted by Gasteiger charge is 2.37. The van der Waals surface area contributed by atoms with Crippen molar-refractivity contribution in [2.75, 3.05) is 56.3 Å². The summed E-state index contributed by atoms with van der Waals surface area (Å²) in [6, 6.07) is 11.9. The lowest BCUT2D eigenvalue weighted by Gasteiger charge is -2.47. The molecule has 2 aromatic carbocycles. The third kappa shape index (κ3) is 5.78.